The van der Waals surface area contributed by atoms with Crippen molar-refractivity contribution >= 4 is 24.5 Å². The maximum atomic E-state index is 11.9. The smallest absolute Gasteiger partial charge is 0.408 e. The highest BCUT2D eigenvalue weighted by Crippen LogP contribution is 2.03. The van der Waals surface area contributed by atoms with Crippen molar-refractivity contribution in [2.75, 3.05) is 20.2 Å². The van der Waals surface area contributed by atoms with Crippen LogP contribution in [0.25, 0.3) is 0 Å². The van der Waals surface area contributed by atoms with Crippen LogP contribution in [0, 0.1) is 0 Å². The van der Waals surface area contributed by atoms with Gasteiger partial charge in [0.2, 0.25) is 0 Å². The van der Waals surface area contributed by atoms with Gasteiger partial charge in [-0.2, -0.15) is 0 Å². The third-order valence-corrected chi connectivity index (χ3v) is 3.05. The van der Waals surface area contributed by atoms with Crippen LogP contribution in [0.3, 0.4) is 0 Å². The van der Waals surface area contributed by atoms with Crippen molar-refractivity contribution in [3.05, 3.63) is 48.6 Å². The number of carbonyl (C=O) groups is 2. The second-order valence-corrected chi connectivity index (χ2v) is 4.92. The second-order valence-electron chi connectivity index (χ2n) is 4.92. The van der Waals surface area contributed by atoms with Crippen molar-refractivity contribution in [2.45, 2.75) is 25.5 Å². The second kappa shape index (κ2) is 13.4. The van der Waals surface area contributed by atoms with Crippen LogP contribution in [0.15, 0.2) is 43.0 Å². The average molecular weight is 357 g/mol. The number of carbonyl (C=O) groups excluding carboxylic acids is 2. The van der Waals surface area contributed by atoms with E-state index in [1.807, 2.05) is 37.4 Å². The summed E-state index contributed by atoms with van der Waals surface area (Å²) in [5.41, 5.74) is 0.878. The van der Waals surface area contributed by atoms with Gasteiger partial charge in [0.25, 0.3) is 0 Å². The maximum absolute atomic E-state index is 11.9. The molecule has 0 spiro atoms. The molecule has 1 amide bonds. The number of ether oxygens (including phenoxy) is 2. The molecule has 0 radical (unpaired) electrons. The van der Waals surface area contributed by atoms with E-state index in [0.717, 1.165) is 18.5 Å². The molecule has 0 saturated heterocycles. The molecule has 0 bridgehead atoms. The Hall–Kier alpha value is -2.05. The van der Waals surface area contributed by atoms with E-state index in [1.54, 1.807) is 0 Å². The minimum absolute atomic E-state index is 0. The van der Waals surface area contributed by atoms with E-state index in [2.05, 4.69) is 17.2 Å². The third kappa shape index (κ3) is 9.17. The lowest BCUT2D eigenvalue weighted by molar-refractivity contribution is -0.145. The largest absolute Gasteiger partial charge is 0.460 e. The summed E-state index contributed by atoms with van der Waals surface area (Å²) in [6.07, 6.45) is 2.04. The molecule has 1 unspecified atom stereocenters. The van der Waals surface area contributed by atoms with Gasteiger partial charge in [0.05, 0.1) is 0 Å². The van der Waals surface area contributed by atoms with Crippen LogP contribution in [-0.2, 0) is 20.9 Å². The molecule has 134 valence electrons. The highest BCUT2D eigenvalue weighted by molar-refractivity contribution is 5.85. The lowest BCUT2D eigenvalue weighted by Crippen LogP contribution is -2.42. The Labute approximate surface area is 149 Å². The highest BCUT2D eigenvalue weighted by Gasteiger charge is 2.22. The Bertz CT molecular complexity index is 497. The summed E-state index contributed by atoms with van der Waals surface area (Å²) in [5.74, 6) is -0.488. The number of rotatable bonds is 10. The summed E-state index contributed by atoms with van der Waals surface area (Å²) in [7, 11) is 1.83. The summed E-state index contributed by atoms with van der Waals surface area (Å²) >= 11 is 0. The van der Waals surface area contributed by atoms with Gasteiger partial charge in [-0.3, -0.25) is 0 Å². The van der Waals surface area contributed by atoms with Crippen molar-refractivity contribution in [3.63, 3.8) is 0 Å². The quantitative estimate of drug-likeness (QED) is 0.382. The standard InChI is InChI=1S/C17H24N2O4.ClH/c1-3-12-22-16(20)15(10-7-11-18-2)19-17(21)23-13-14-8-5-4-6-9-14;/h3-6,8-9,15,18H,1,7,10-13H2,2H3,(H,19,21);1H. The minimum atomic E-state index is -0.730. The third-order valence-electron chi connectivity index (χ3n) is 3.05. The molecule has 6 nitrogen and oxygen atoms in total. The van der Waals surface area contributed by atoms with Crippen LogP contribution in [0.2, 0.25) is 0 Å². The van der Waals surface area contributed by atoms with E-state index in [4.69, 9.17) is 9.47 Å². The SMILES string of the molecule is C=CCOC(=O)C(CCCNC)NC(=O)OCc1ccccc1.Cl. The molecular weight excluding hydrogens is 332 g/mol. The monoisotopic (exact) mass is 356 g/mol. The maximum Gasteiger partial charge on any atom is 0.408 e. The number of amides is 1. The van der Waals surface area contributed by atoms with E-state index in [9.17, 15) is 9.59 Å². The van der Waals surface area contributed by atoms with E-state index >= 15 is 0 Å². The number of benzene rings is 1. The molecule has 24 heavy (non-hydrogen) atoms. The fourth-order valence-electron chi connectivity index (χ4n) is 1.88. The molecule has 1 aromatic carbocycles. The van der Waals surface area contributed by atoms with Gasteiger partial charge in [0, 0.05) is 0 Å². The number of alkyl carbamates (subject to hydrolysis) is 1. The van der Waals surface area contributed by atoms with Gasteiger partial charge in [0.1, 0.15) is 19.3 Å². The Morgan fingerprint density at radius 1 is 1.25 bits per heavy atom. The van der Waals surface area contributed by atoms with Crippen molar-refractivity contribution in [1.82, 2.24) is 10.6 Å². The molecule has 0 heterocycles. The predicted molar refractivity (Wildman–Crippen MR) is 95.1 cm³/mol. The van der Waals surface area contributed by atoms with Crippen molar-refractivity contribution in [2.24, 2.45) is 0 Å². The average Bonchev–Trinajstić information content (AvgIpc) is 2.58. The van der Waals surface area contributed by atoms with Gasteiger partial charge in [-0.1, -0.05) is 43.0 Å². The number of halogens is 1. The first-order chi connectivity index (χ1) is 11.2. The van der Waals surface area contributed by atoms with Crippen LogP contribution in [0.1, 0.15) is 18.4 Å². The Balaban J connectivity index is 0.00000529. The van der Waals surface area contributed by atoms with Gasteiger partial charge in [-0.15, -0.1) is 12.4 Å². The summed E-state index contributed by atoms with van der Waals surface area (Å²) in [4.78, 5) is 23.8. The predicted octanol–water partition coefficient (Wildman–Crippen LogP) is 2.43. The van der Waals surface area contributed by atoms with Crippen molar-refractivity contribution in [1.29, 1.82) is 0 Å². The zero-order valence-corrected chi connectivity index (χ0v) is 14.6. The molecule has 1 rings (SSSR count). The number of esters is 1. The van der Waals surface area contributed by atoms with Gasteiger partial charge in [-0.05, 0) is 32.0 Å². The first-order valence-corrected chi connectivity index (χ1v) is 7.56. The molecule has 0 aliphatic heterocycles. The fourth-order valence-corrected chi connectivity index (χ4v) is 1.88. The number of nitrogens with one attached hydrogen (secondary N) is 2. The van der Waals surface area contributed by atoms with E-state index < -0.39 is 18.1 Å². The van der Waals surface area contributed by atoms with E-state index in [-0.39, 0.29) is 25.6 Å². The highest BCUT2D eigenvalue weighted by atomic mass is 35.5. The van der Waals surface area contributed by atoms with E-state index in [1.165, 1.54) is 6.08 Å². The molecule has 0 aromatic heterocycles. The lowest BCUT2D eigenvalue weighted by Gasteiger charge is -2.17. The molecule has 7 heteroatoms. The normalized spacial score (nSPS) is 10.9. The number of hydrogen-bond donors (Lipinski definition) is 2. The van der Waals surface area contributed by atoms with Gasteiger partial charge < -0.3 is 20.1 Å². The van der Waals surface area contributed by atoms with Crippen LogP contribution < -0.4 is 10.6 Å². The number of hydrogen-bond acceptors (Lipinski definition) is 5. The molecule has 0 aliphatic carbocycles. The molecule has 1 atom stereocenters. The minimum Gasteiger partial charge on any atom is -0.460 e. The molecule has 0 aliphatic rings. The van der Waals surface area contributed by atoms with Gasteiger partial charge in [0.15, 0.2) is 0 Å². The Kier molecular flexibility index (Phi) is 12.3. The Morgan fingerprint density at radius 2 is 1.96 bits per heavy atom. The lowest BCUT2D eigenvalue weighted by atomic mass is 10.1. The van der Waals surface area contributed by atoms with Crippen LogP contribution >= 0.6 is 12.4 Å². The van der Waals surface area contributed by atoms with Crippen molar-refractivity contribution in [3.8, 4) is 0 Å². The molecular formula is C17H25ClN2O4. The van der Waals surface area contributed by atoms with Crippen LogP contribution in [-0.4, -0.2) is 38.3 Å². The zero-order chi connectivity index (χ0) is 16.9. The molecule has 0 saturated carbocycles. The molecule has 2 N–H and O–H groups in total. The topological polar surface area (TPSA) is 76.7 Å². The first kappa shape index (κ1) is 21.9. The van der Waals surface area contributed by atoms with Crippen LogP contribution in [0.4, 0.5) is 4.79 Å². The molecule has 1 aromatic rings. The first-order valence-electron chi connectivity index (χ1n) is 7.56. The van der Waals surface area contributed by atoms with E-state index in [0.29, 0.717) is 6.42 Å². The Morgan fingerprint density at radius 3 is 2.58 bits per heavy atom. The van der Waals surface area contributed by atoms with Gasteiger partial charge >= 0.3 is 12.1 Å². The summed E-state index contributed by atoms with van der Waals surface area (Å²) in [5, 5.41) is 5.55. The zero-order valence-electron chi connectivity index (χ0n) is 13.8. The summed E-state index contributed by atoms with van der Waals surface area (Å²) in [6.45, 7) is 4.50. The molecule has 0 fully saturated rings. The van der Waals surface area contributed by atoms with Crippen molar-refractivity contribution < 1.29 is 19.1 Å². The van der Waals surface area contributed by atoms with Crippen LogP contribution in [0.5, 0.6) is 0 Å². The fraction of sp³-hybridized carbons (Fsp3) is 0.412. The summed E-state index contributed by atoms with van der Waals surface area (Å²) in [6, 6.07) is 8.60. The summed E-state index contributed by atoms with van der Waals surface area (Å²) < 4.78 is 10.1. The van der Waals surface area contributed by atoms with Gasteiger partial charge in [-0.25, -0.2) is 9.59 Å².